The molecule has 6 nitrogen and oxygen atoms in total. The van der Waals surface area contributed by atoms with Crippen LogP contribution in [0.25, 0.3) is 16.5 Å². The van der Waals surface area contributed by atoms with Crippen molar-refractivity contribution in [2.75, 3.05) is 18.1 Å². The number of carbonyl (C=O) groups excluding carboxylic acids is 3. The lowest BCUT2D eigenvalue weighted by atomic mass is 10.2. The Kier molecular flexibility index (Phi) is 7.73. The maximum atomic E-state index is 12.6. The Balaban J connectivity index is 1.57. The Morgan fingerprint density at radius 3 is 2.29 bits per heavy atom. The first-order valence-electron chi connectivity index (χ1n) is 9.67. The highest BCUT2D eigenvalue weighted by Gasteiger charge is 2.17. The normalized spacial score (nSPS) is 10.7. The van der Waals surface area contributed by atoms with Gasteiger partial charge in [-0.1, -0.05) is 48.5 Å². The van der Waals surface area contributed by atoms with E-state index in [1.165, 1.54) is 11.0 Å². The molecule has 0 bridgehead atoms. The minimum absolute atomic E-state index is 0.0105. The number of para-hydroxylation sites is 1. The molecular formula is C24H22N2O4S. The quantitative estimate of drug-likeness (QED) is 0.409. The van der Waals surface area contributed by atoms with Crippen molar-refractivity contribution in [2.45, 2.75) is 6.42 Å². The first kappa shape index (κ1) is 22.0. The van der Waals surface area contributed by atoms with E-state index in [0.29, 0.717) is 5.69 Å². The lowest BCUT2D eigenvalue weighted by molar-refractivity contribution is -0.143. The van der Waals surface area contributed by atoms with E-state index in [-0.39, 0.29) is 13.0 Å². The van der Waals surface area contributed by atoms with Crippen LogP contribution in [-0.2, 0) is 19.1 Å². The predicted molar refractivity (Wildman–Crippen MR) is 122 cm³/mol. The smallest absolute Gasteiger partial charge is 0.331 e. The van der Waals surface area contributed by atoms with Crippen molar-refractivity contribution in [3.63, 3.8) is 0 Å². The number of esters is 1. The second-order valence-electron chi connectivity index (χ2n) is 6.61. The van der Waals surface area contributed by atoms with Crippen molar-refractivity contribution >= 4 is 40.9 Å². The minimum atomic E-state index is -0.620. The zero-order valence-corrected chi connectivity index (χ0v) is 17.6. The van der Waals surface area contributed by atoms with E-state index in [1.54, 1.807) is 41.7 Å². The first-order valence-corrected chi connectivity index (χ1v) is 10.5. The van der Waals surface area contributed by atoms with Gasteiger partial charge in [-0.2, -0.15) is 0 Å². The fourth-order valence-corrected chi connectivity index (χ4v) is 3.75. The van der Waals surface area contributed by atoms with Gasteiger partial charge in [-0.05, 0) is 35.9 Å². The Labute approximate surface area is 184 Å². The van der Waals surface area contributed by atoms with E-state index in [4.69, 9.17) is 10.5 Å². The Hall–Kier alpha value is -3.71. The molecule has 2 aromatic carbocycles. The average Bonchev–Trinajstić information content (AvgIpc) is 3.27. The van der Waals surface area contributed by atoms with Gasteiger partial charge in [-0.25, -0.2) is 4.79 Å². The highest BCUT2D eigenvalue weighted by atomic mass is 32.1. The molecule has 0 radical (unpaired) electrons. The van der Waals surface area contributed by atoms with Gasteiger partial charge < -0.3 is 15.4 Å². The molecule has 0 saturated carbocycles. The van der Waals surface area contributed by atoms with Crippen molar-refractivity contribution in [1.82, 2.24) is 0 Å². The van der Waals surface area contributed by atoms with Crippen molar-refractivity contribution in [3.8, 4) is 10.4 Å². The summed E-state index contributed by atoms with van der Waals surface area (Å²) in [7, 11) is 0. The van der Waals surface area contributed by atoms with Crippen LogP contribution in [0, 0.1) is 0 Å². The van der Waals surface area contributed by atoms with E-state index in [2.05, 4.69) is 0 Å². The van der Waals surface area contributed by atoms with Gasteiger partial charge in [-0.15, -0.1) is 11.3 Å². The van der Waals surface area contributed by atoms with Crippen LogP contribution in [0.4, 0.5) is 5.69 Å². The summed E-state index contributed by atoms with van der Waals surface area (Å²) in [6.07, 6.45) is 2.97. The molecule has 0 spiro atoms. The summed E-state index contributed by atoms with van der Waals surface area (Å²) >= 11 is 1.55. The minimum Gasteiger partial charge on any atom is -0.452 e. The number of ether oxygens (including phenoxy) is 1. The van der Waals surface area contributed by atoms with Crippen LogP contribution in [0.3, 0.4) is 0 Å². The zero-order chi connectivity index (χ0) is 22.1. The fraction of sp³-hybridized carbons (Fsp3) is 0.125. The maximum absolute atomic E-state index is 12.6. The van der Waals surface area contributed by atoms with Crippen LogP contribution in [0.15, 0.2) is 78.9 Å². The second-order valence-corrected chi connectivity index (χ2v) is 7.72. The molecule has 1 aromatic heterocycles. The molecule has 0 atom stereocenters. The number of anilines is 1. The Bertz CT molecular complexity index is 1060. The lowest BCUT2D eigenvalue weighted by Gasteiger charge is -2.22. The molecule has 0 aliphatic heterocycles. The van der Waals surface area contributed by atoms with E-state index in [9.17, 15) is 14.4 Å². The summed E-state index contributed by atoms with van der Waals surface area (Å²) in [5.41, 5.74) is 6.92. The van der Waals surface area contributed by atoms with Crippen LogP contribution in [-0.4, -0.2) is 30.9 Å². The van der Waals surface area contributed by atoms with Crippen LogP contribution in [0.2, 0.25) is 0 Å². The summed E-state index contributed by atoms with van der Waals surface area (Å²) in [6.45, 7) is -0.320. The van der Waals surface area contributed by atoms with Crippen molar-refractivity contribution < 1.29 is 19.1 Å². The fourth-order valence-electron chi connectivity index (χ4n) is 2.84. The molecule has 0 fully saturated rings. The third-order valence-electron chi connectivity index (χ3n) is 4.36. The summed E-state index contributed by atoms with van der Waals surface area (Å²) in [5, 5.41) is 0. The number of benzene rings is 2. The summed E-state index contributed by atoms with van der Waals surface area (Å²) in [4.78, 5) is 39.1. The molecule has 0 aliphatic carbocycles. The number of nitrogens with zero attached hydrogens (tertiary/aromatic N) is 1. The van der Waals surface area contributed by atoms with Gasteiger partial charge >= 0.3 is 5.97 Å². The summed E-state index contributed by atoms with van der Waals surface area (Å²) in [6, 6.07) is 22.7. The number of carbonyl (C=O) groups is 3. The largest absolute Gasteiger partial charge is 0.452 e. The highest BCUT2D eigenvalue weighted by molar-refractivity contribution is 7.16. The van der Waals surface area contributed by atoms with E-state index >= 15 is 0 Å². The van der Waals surface area contributed by atoms with Gasteiger partial charge in [0, 0.05) is 34.5 Å². The third kappa shape index (κ3) is 6.65. The molecule has 0 unspecified atom stereocenters. The SMILES string of the molecule is NC(=O)CCN(C(=O)COC(=O)/C=C/c1ccc(-c2ccccc2)s1)c1ccccc1. The van der Waals surface area contributed by atoms with Crippen LogP contribution < -0.4 is 10.6 Å². The van der Waals surface area contributed by atoms with Gasteiger partial charge in [0.05, 0.1) is 0 Å². The zero-order valence-electron chi connectivity index (χ0n) is 16.8. The molecule has 2 amide bonds. The Morgan fingerprint density at radius 2 is 1.61 bits per heavy atom. The number of hydrogen-bond acceptors (Lipinski definition) is 5. The topological polar surface area (TPSA) is 89.7 Å². The van der Waals surface area contributed by atoms with Gasteiger partial charge in [0.2, 0.25) is 5.91 Å². The monoisotopic (exact) mass is 434 g/mol. The van der Waals surface area contributed by atoms with Gasteiger partial charge in [0.15, 0.2) is 6.61 Å². The van der Waals surface area contributed by atoms with Gasteiger partial charge in [0.25, 0.3) is 5.91 Å². The number of primary amides is 1. The van der Waals surface area contributed by atoms with Crippen LogP contribution in [0.5, 0.6) is 0 Å². The van der Waals surface area contributed by atoms with Crippen molar-refractivity contribution in [3.05, 3.63) is 83.7 Å². The molecule has 2 N–H and O–H groups in total. The average molecular weight is 435 g/mol. The second kappa shape index (κ2) is 10.9. The molecule has 0 aliphatic rings. The van der Waals surface area contributed by atoms with Crippen LogP contribution >= 0.6 is 11.3 Å². The molecule has 3 aromatic rings. The number of amides is 2. The predicted octanol–water partition coefficient (Wildman–Crippen LogP) is 3.88. The van der Waals surface area contributed by atoms with E-state index < -0.39 is 24.4 Å². The molecule has 3 rings (SSSR count). The number of nitrogens with two attached hydrogens (primary N) is 1. The number of rotatable bonds is 9. The molecule has 31 heavy (non-hydrogen) atoms. The van der Waals surface area contributed by atoms with E-state index in [1.807, 2.05) is 48.5 Å². The molecule has 158 valence electrons. The standard InChI is InChI=1S/C24H22N2O4S/c25-22(27)15-16-26(19-9-5-2-6-10-19)23(28)17-30-24(29)14-12-20-11-13-21(31-20)18-7-3-1-4-8-18/h1-14H,15-17H2,(H2,25,27)/b14-12+. The van der Waals surface area contributed by atoms with Crippen molar-refractivity contribution in [2.24, 2.45) is 5.73 Å². The van der Waals surface area contributed by atoms with Crippen molar-refractivity contribution in [1.29, 1.82) is 0 Å². The highest BCUT2D eigenvalue weighted by Crippen LogP contribution is 2.28. The van der Waals surface area contributed by atoms with Gasteiger partial charge in [-0.3, -0.25) is 9.59 Å². The number of hydrogen-bond donors (Lipinski definition) is 1. The first-order chi connectivity index (χ1) is 15.0. The summed E-state index contributed by atoms with van der Waals surface area (Å²) in [5.74, 6) is -1.57. The molecular weight excluding hydrogens is 412 g/mol. The summed E-state index contributed by atoms with van der Waals surface area (Å²) < 4.78 is 5.10. The maximum Gasteiger partial charge on any atom is 0.331 e. The third-order valence-corrected chi connectivity index (χ3v) is 5.46. The molecule has 0 saturated heterocycles. The molecule has 7 heteroatoms. The lowest BCUT2D eigenvalue weighted by Crippen LogP contribution is -2.37. The number of thiophene rings is 1. The van der Waals surface area contributed by atoms with Gasteiger partial charge in [0.1, 0.15) is 0 Å². The molecule has 1 heterocycles. The van der Waals surface area contributed by atoms with Crippen LogP contribution in [0.1, 0.15) is 11.3 Å². The Morgan fingerprint density at radius 1 is 0.935 bits per heavy atom. The van der Waals surface area contributed by atoms with E-state index in [0.717, 1.165) is 15.3 Å².